The molecular weight excluding hydrogens is 226 g/mol. The fourth-order valence-corrected chi connectivity index (χ4v) is 3.35. The predicted octanol–water partition coefficient (Wildman–Crippen LogP) is 1.35. The fourth-order valence-electron chi connectivity index (χ4n) is 2.14. The Morgan fingerprint density at radius 1 is 1.19 bits per heavy atom. The number of carbonyl (C=O) groups excluding carboxylic acids is 1. The van der Waals surface area contributed by atoms with Crippen molar-refractivity contribution < 1.29 is 14.7 Å². The maximum absolute atomic E-state index is 12.0. The molecular formula is C11H17NO3S. The first-order valence-electron chi connectivity index (χ1n) is 5.79. The lowest BCUT2D eigenvalue weighted by atomic mass is 10.2. The van der Waals surface area contributed by atoms with Gasteiger partial charge in [-0.05, 0) is 25.0 Å². The van der Waals surface area contributed by atoms with Crippen molar-refractivity contribution in [2.24, 2.45) is 0 Å². The van der Waals surface area contributed by atoms with Gasteiger partial charge in [0.05, 0.1) is 6.42 Å². The zero-order valence-corrected chi connectivity index (χ0v) is 10.0. The van der Waals surface area contributed by atoms with Crippen LogP contribution in [0.4, 0.5) is 0 Å². The number of nitrogens with zero attached hydrogens (tertiary/aromatic N) is 1. The zero-order valence-electron chi connectivity index (χ0n) is 9.22. The molecule has 5 heteroatoms. The molecule has 90 valence electrons. The molecule has 0 bridgehead atoms. The van der Waals surface area contributed by atoms with Gasteiger partial charge in [-0.15, -0.1) is 0 Å². The van der Waals surface area contributed by atoms with Crippen LogP contribution in [0.1, 0.15) is 32.1 Å². The summed E-state index contributed by atoms with van der Waals surface area (Å²) in [5, 5.41) is 8.59. The first-order valence-corrected chi connectivity index (χ1v) is 6.94. The monoisotopic (exact) mass is 243 g/mol. The van der Waals surface area contributed by atoms with Crippen molar-refractivity contribution in [1.29, 1.82) is 0 Å². The van der Waals surface area contributed by atoms with E-state index in [4.69, 9.17) is 5.11 Å². The van der Waals surface area contributed by atoms with Gasteiger partial charge in [0, 0.05) is 24.3 Å². The van der Waals surface area contributed by atoms with Gasteiger partial charge in [-0.2, -0.15) is 11.8 Å². The molecule has 0 aromatic carbocycles. The van der Waals surface area contributed by atoms with E-state index in [1.807, 2.05) is 16.7 Å². The average Bonchev–Trinajstić information content (AvgIpc) is 2.91. The highest BCUT2D eigenvalue weighted by atomic mass is 32.2. The Kier molecular flexibility index (Phi) is 3.74. The van der Waals surface area contributed by atoms with E-state index in [9.17, 15) is 9.59 Å². The van der Waals surface area contributed by atoms with Crippen LogP contribution in [0.25, 0.3) is 0 Å². The van der Waals surface area contributed by atoms with Crippen LogP contribution in [-0.2, 0) is 9.59 Å². The van der Waals surface area contributed by atoms with Crippen LogP contribution in [0, 0.1) is 0 Å². The summed E-state index contributed by atoms with van der Waals surface area (Å²) in [6.07, 6.45) is 3.38. The Hall–Kier alpha value is -0.710. The lowest BCUT2D eigenvalue weighted by Crippen LogP contribution is -2.42. The molecule has 1 N–H and O–H groups in total. The highest BCUT2D eigenvalue weighted by Gasteiger charge is 2.38. The summed E-state index contributed by atoms with van der Waals surface area (Å²) < 4.78 is 0. The van der Waals surface area contributed by atoms with Crippen LogP contribution in [0.15, 0.2) is 0 Å². The molecule has 0 aromatic heterocycles. The van der Waals surface area contributed by atoms with Gasteiger partial charge in [-0.3, -0.25) is 9.59 Å². The van der Waals surface area contributed by atoms with Crippen molar-refractivity contribution in [3.05, 3.63) is 0 Å². The van der Waals surface area contributed by atoms with Gasteiger partial charge in [-0.1, -0.05) is 0 Å². The van der Waals surface area contributed by atoms with Crippen LogP contribution in [-0.4, -0.2) is 45.5 Å². The lowest BCUT2D eigenvalue weighted by Gasteiger charge is -2.28. The van der Waals surface area contributed by atoms with Crippen molar-refractivity contribution in [2.45, 2.75) is 44.2 Å². The van der Waals surface area contributed by atoms with Gasteiger partial charge in [-0.25, -0.2) is 0 Å². The first kappa shape index (κ1) is 11.8. The maximum atomic E-state index is 12.0. The first-order chi connectivity index (χ1) is 7.68. The molecule has 1 amide bonds. The van der Waals surface area contributed by atoms with E-state index in [0.29, 0.717) is 12.1 Å². The average molecular weight is 243 g/mol. The van der Waals surface area contributed by atoms with Gasteiger partial charge in [0.1, 0.15) is 0 Å². The van der Waals surface area contributed by atoms with Gasteiger partial charge in [0.15, 0.2) is 0 Å². The largest absolute Gasteiger partial charge is 0.481 e. The molecule has 1 saturated carbocycles. The quantitative estimate of drug-likeness (QED) is 0.792. The second-order valence-electron chi connectivity index (χ2n) is 4.44. The second kappa shape index (κ2) is 5.08. The van der Waals surface area contributed by atoms with E-state index in [-0.39, 0.29) is 18.7 Å². The Balaban J connectivity index is 1.90. The zero-order chi connectivity index (χ0) is 11.5. The van der Waals surface area contributed by atoms with E-state index in [0.717, 1.165) is 30.8 Å². The minimum absolute atomic E-state index is 0.0393. The van der Waals surface area contributed by atoms with Crippen molar-refractivity contribution in [2.75, 3.05) is 11.5 Å². The molecule has 2 fully saturated rings. The molecule has 2 aliphatic rings. The number of rotatable bonds is 5. The number of aliphatic carboxylic acids is 1. The molecule has 1 atom stereocenters. The minimum atomic E-state index is -0.884. The van der Waals surface area contributed by atoms with Gasteiger partial charge in [0.2, 0.25) is 5.91 Å². The smallest absolute Gasteiger partial charge is 0.303 e. The van der Waals surface area contributed by atoms with Crippen molar-refractivity contribution in [3.63, 3.8) is 0 Å². The van der Waals surface area contributed by atoms with Crippen LogP contribution in [0.3, 0.4) is 0 Å². The SMILES string of the molecule is O=C(O)CCC(=O)N(C1CC1)C1CCSC1. The Morgan fingerprint density at radius 3 is 2.44 bits per heavy atom. The topological polar surface area (TPSA) is 57.6 Å². The Morgan fingerprint density at radius 2 is 1.94 bits per heavy atom. The fraction of sp³-hybridized carbons (Fsp3) is 0.818. The summed E-state index contributed by atoms with van der Waals surface area (Å²) in [5.41, 5.74) is 0. The van der Waals surface area contributed by atoms with Gasteiger partial charge < -0.3 is 10.0 Å². The number of carboxylic acids is 1. The summed E-state index contributed by atoms with van der Waals surface area (Å²) in [6, 6.07) is 0.767. The van der Waals surface area contributed by atoms with E-state index >= 15 is 0 Å². The third-order valence-electron chi connectivity index (χ3n) is 3.08. The molecule has 0 spiro atoms. The van der Waals surface area contributed by atoms with Crippen LogP contribution in [0.2, 0.25) is 0 Å². The van der Waals surface area contributed by atoms with Gasteiger partial charge in [0.25, 0.3) is 0 Å². The van der Waals surface area contributed by atoms with Crippen LogP contribution in [0.5, 0.6) is 0 Å². The van der Waals surface area contributed by atoms with Crippen molar-refractivity contribution in [1.82, 2.24) is 4.90 Å². The molecule has 1 aliphatic heterocycles. The lowest BCUT2D eigenvalue weighted by molar-refractivity contribution is -0.141. The molecule has 16 heavy (non-hydrogen) atoms. The highest BCUT2D eigenvalue weighted by Crippen LogP contribution is 2.34. The molecule has 1 heterocycles. The number of carbonyl (C=O) groups is 2. The second-order valence-corrected chi connectivity index (χ2v) is 5.59. The van der Waals surface area contributed by atoms with E-state index in [2.05, 4.69) is 0 Å². The normalized spacial score (nSPS) is 24.4. The summed E-state index contributed by atoms with van der Waals surface area (Å²) >= 11 is 1.89. The number of amides is 1. The van der Waals surface area contributed by atoms with Crippen LogP contribution < -0.4 is 0 Å². The Bertz CT molecular complexity index is 285. The maximum Gasteiger partial charge on any atom is 0.303 e. The Labute approximate surface area is 99.4 Å². The molecule has 4 nitrogen and oxygen atoms in total. The third-order valence-corrected chi connectivity index (χ3v) is 4.22. The molecule has 0 aromatic rings. The number of carboxylic acid groups (broad SMARTS) is 1. The molecule has 1 saturated heterocycles. The third kappa shape index (κ3) is 2.90. The molecule has 2 rings (SSSR count). The van der Waals surface area contributed by atoms with E-state index < -0.39 is 5.97 Å². The van der Waals surface area contributed by atoms with Crippen molar-refractivity contribution in [3.8, 4) is 0 Å². The molecule has 0 radical (unpaired) electrons. The molecule has 1 aliphatic carbocycles. The van der Waals surface area contributed by atoms with Gasteiger partial charge >= 0.3 is 5.97 Å². The summed E-state index contributed by atoms with van der Waals surface area (Å²) in [5.74, 6) is 1.30. The van der Waals surface area contributed by atoms with E-state index in [1.165, 1.54) is 0 Å². The highest BCUT2D eigenvalue weighted by molar-refractivity contribution is 7.99. The number of hydrogen-bond acceptors (Lipinski definition) is 3. The number of thioether (sulfide) groups is 1. The summed E-state index contributed by atoms with van der Waals surface area (Å²) in [4.78, 5) is 24.4. The molecule has 1 unspecified atom stereocenters. The van der Waals surface area contributed by atoms with E-state index in [1.54, 1.807) is 0 Å². The standard InChI is InChI=1S/C11H17NO3S/c13-10(3-4-11(14)15)12(8-1-2-8)9-5-6-16-7-9/h8-9H,1-7H2,(H,14,15). The summed E-state index contributed by atoms with van der Waals surface area (Å²) in [7, 11) is 0. The summed E-state index contributed by atoms with van der Waals surface area (Å²) in [6.45, 7) is 0. The van der Waals surface area contributed by atoms with Crippen molar-refractivity contribution >= 4 is 23.6 Å². The van der Waals surface area contributed by atoms with Crippen LogP contribution >= 0.6 is 11.8 Å². The number of hydrogen-bond donors (Lipinski definition) is 1. The minimum Gasteiger partial charge on any atom is -0.481 e. The predicted molar refractivity (Wildman–Crippen MR) is 62.5 cm³/mol.